The van der Waals surface area contributed by atoms with Gasteiger partial charge in [0.2, 0.25) is 0 Å². The van der Waals surface area contributed by atoms with E-state index >= 15 is 0 Å². The molecule has 0 saturated carbocycles. The lowest BCUT2D eigenvalue weighted by atomic mass is 10.1. The lowest BCUT2D eigenvalue weighted by Crippen LogP contribution is -2.24. The third-order valence-corrected chi connectivity index (χ3v) is 3.49. The SMILES string of the molecule is CN(CCc1ccccn1)CCC(O)c1cccc(F)c1. The van der Waals surface area contributed by atoms with Gasteiger partial charge in [0.15, 0.2) is 0 Å². The molecule has 0 spiro atoms. The monoisotopic (exact) mass is 288 g/mol. The summed E-state index contributed by atoms with van der Waals surface area (Å²) in [6, 6.07) is 12.0. The van der Waals surface area contributed by atoms with Gasteiger partial charge in [-0.25, -0.2) is 4.39 Å². The Morgan fingerprint density at radius 3 is 2.76 bits per heavy atom. The van der Waals surface area contributed by atoms with Gasteiger partial charge < -0.3 is 10.0 Å². The molecule has 1 atom stereocenters. The maximum Gasteiger partial charge on any atom is 0.123 e. The smallest absolute Gasteiger partial charge is 0.123 e. The van der Waals surface area contributed by atoms with E-state index in [0.717, 1.165) is 25.2 Å². The zero-order chi connectivity index (χ0) is 15.1. The molecule has 1 N–H and O–H groups in total. The van der Waals surface area contributed by atoms with Crippen LogP contribution < -0.4 is 0 Å². The van der Waals surface area contributed by atoms with Gasteiger partial charge in [-0.1, -0.05) is 18.2 Å². The van der Waals surface area contributed by atoms with E-state index in [2.05, 4.69) is 9.88 Å². The minimum atomic E-state index is -0.627. The Morgan fingerprint density at radius 1 is 1.19 bits per heavy atom. The molecule has 21 heavy (non-hydrogen) atoms. The number of aliphatic hydroxyl groups is 1. The van der Waals surface area contributed by atoms with Crippen molar-refractivity contribution in [1.82, 2.24) is 9.88 Å². The zero-order valence-electron chi connectivity index (χ0n) is 12.2. The number of aromatic nitrogens is 1. The van der Waals surface area contributed by atoms with Gasteiger partial charge in [-0.05, 0) is 43.3 Å². The number of likely N-dealkylation sites (N-methyl/N-ethyl adjacent to an activating group) is 1. The van der Waals surface area contributed by atoms with Crippen LogP contribution in [-0.4, -0.2) is 35.1 Å². The quantitative estimate of drug-likeness (QED) is 0.851. The number of halogens is 1. The van der Waals surface area contributed by atoms with Crippen molar-refractivity contribution in [2.45, 2.75) is 18.9 Å². The highest BCUT2D eigenvalue weighted by atomic mass is 19.1. The van der Waals surface area contributed by atoms with Gasteiger partial charge in [-0.2, -0.15) is 0 Å². The van der Waals surface area contributed by atoms with Crippen LogP contribution in [0.3, 0.4) is 0 Å². The highest BCUT2D eigenvalue weighted by molar-refractivity contribution is 5.18. The van der Waals surface area contributed by atoms with Crippen LogP contribution >= 0.6 is 0 Å². The first-order valence-corrected chi connectivity index (χ1v) is 7.17. The van der Waals surface area contributed by atoms with Crippen molar-refractivity contribution < 1.29 is 9.50 Å². The predicted molar refractivity (Wildman–Crippen MR) is 81.4 cm³/mol. The second kappa shape index (κ2) is 7.86. The summed E-state index contributed by atoms with van der Waals surface area (Å²) in [4.78, 5) is 6.44. The maximum atomic E-state index is 13.1. The molecule has 4 heteroatoms. The molecular weight excluding hydrogens is 267 g/mol. The Bertz CT molecular complexity index is 547. The lowest BCUT2D eigenvalue weighted by molar-refractivity contribution is 0.149. The van der Waals surface area contributed by atoms with Crippen LogP contribution in [0.25, 0.3) is 0 Å². The highest BCUT2D eigenvalue weighted by Gasteiger charge is 2.09. The predicted octanol–water partition coefficient (Wildman–Crippen LogP) is 2.82. The highest BCUT2D eigenvalue weighted by Crippen LogP contribution is 2.17. The van der Waals surface area contributed by atoms with Crippen LogP contribution in [-0.2, 0) is 6.42 Å². The van der Waals surface area contributed by atoms with Crippen molar-refractivity contribution in [2.75, 3.05) is 20.1 Å². The molecule has 3 nitrogen and oxygen atoms in total. The third-order valence-electron chi connectivity index (χ3n) is 3.49. The van der Waals surface area contributed by atoms with Crippen molar-refractivity contribution in [2.24, 2.45) is 0 Å². The van der Waals surface area contributed by atoms with Crippen LogP contribution in [0, 0.1) is 5.82 Å². The fraction of sp³-hybridized carbons (Fsp3) is 0.353. The number of nitrogens with zero attached hydrogens (tertiary/aromatic N) is 2. The number of pyridine rings is 1. The van der Waals surface area contributed by atoms with Crippen LogP contribution in [0.2, 0.25) is 0 Å². The summed E-state index contributed by atoms with van der Waals surface area (Å²) in [6.07, 6.45) is 2.64. The Kier molecular flexibility index (Phi) is 5.84. The molecule has 0 aliphatic rings. The largest absolute Gasteiger partial charge is 0.388 e. The molecule has 1 unspecified atom stereocenters. The summed E-state index contributed by atoms with van der Waals surface area (Å²) in [5.74, 6) is -0.310. The first kappa shape index (κ1) is 15.6. The van der Waals surface area contributed by atoms with Crippen molar-refractivity contribution >= 4 is 0 Å². The summed E-state index contributed by atoms with van der Waals surface area (Å²) < 4.78 is 13.1. The number of benzene rings is 1. The minimum absolute atomic E-state index is 0.310. The molecule has 0 saturated heterocycles. The van der Waals surface area contributed by atoms with Gasteiger partial charge in [-0.15, -0.1) is 0 Å². The molecule has 0 amide bonds. The van der Waals surface area contributed by atoms with Crippen molar-refractivity contribution in [3.05, 3.63) is 65.7 Å². The summed E-state index contributed by atoms with van der Waals surface area (Å²) in [6.45, 7) is 1.64. The molecule has 1 aromatic heterocycles. The Morgan fingerprint density at radius 2 is 2.05 bits per heavy atom. The maximum absolute atomic E-state index is 13.1. The normalized spacial score (nSPS) is 12.6. The van der Waals surface area contributed by atoms with E-state index in [1.54, 1.807) is 18.3 Å². The second-order valence-electron chi connectivity index (χ2n) is 5.23. The molecular formula is C17H21FN2O. The number of hydrogen-bond donors (Lipinski definition) is 1. The minimum Gasteiger partial charge on any atom is -0.388 e. The zero-order valence-corrected chi connectivity index (χ0v) is 12.2. The number of aliphatic hydroxyl groups excluding tert-OH is 1. The van der Waals surface area contributed by atoms with Crippen LogP contribution in [0.15, 0.2) is 48.7 Å². The average molecular weight is 288 g/mol. The first-order valence-electron chi connectivity index (χ1n) is 7.17. The lowest BCUT2D eigenvalue weighted by Gasteiger charge is -2.19. The fourth-order valence-corrected chi connectivity index (χ4v) is 2.19. The molecule has 2 aromatic rings. The Labute approximate surface area is 125 Å². The molecule has 1 aromatic carbocycles. The third kappa shape index (κ3) is 5.25. The van der Waals surface area contributed by atoms with E-state index in [0.29, 0.717) is 12.0 Å². The molecule has 0 aliphatic carbocycles. The number of rotatable bonds is 7. The van der Waals surface area contributed by atoms with Crippen molar-refractivity contribution in [3.63, 3.8) is 0 Å². The van der Waals surface area contributed by atoms with E-state index in [-0.39, 0.29) is 5.82 Å². The Hall–Kier alpha value is -1.78. The van der Waals surface area contributed by atoms with Gasteiger partial charge in [-0.3, -0.25) is 4.98 Å². The molecule has 0 bridgehead atoms. The van der Waals surface area contributed by atoms with Gasteiger partial charge in [0.25, 0.3) is 0 Å². The molecule has 0 aliphatic heterocycles. The first-order chi connectivity index (χ1) is 10.1. The fourth-order valence-electron chi connectivity index (χ4n) is 2.19. The standard InChI is InChI=1S/C17H21FN2O/c1-20(11-8-16-7-2-3-10-19-16)12-9-17(21)14-5-4-6-15(18)13-14/h2-7,10,13,17,21H,8-9,11-12H2,1H3. The van der Waals surface area contributed by atoms with E-state index in [1.807, 2.05) is 25.2 Å². The molecule has 0 radical (unpaired) electrons. The summed E-state index contributed by atoms with van der Waals surface area (Å²) in [7, 11) is 2.02. The summed E-state index contributed by atoms with van der Waals surface area (Å²) in [5, 5.41) is 10.1. The topological polar surface area (TPSA) is 36.4 Å². The van der Waals surface area contributed by atoms with E-state index in [1.165, 1.54) is 12.1 Å². The number of hydrogen-bond acceptors (Lipinski definition) is 3. The van der Waals surface area contributed by atoms with Gasteiger partial charge in [0, 0.05) is 31.4 Å². The van der Waals surface area contributed by atoms with Gasteiger partial charge in [0.1, 0.15) is 5.82 Å². The molecule has 2 rings (SSSR count). The Balaban J connectivity index is 1.74. The van der Waals surface area contributed by atoms with E-state index in [4.69, 9.17) is 0 Å². The summed E-state index contributed by atoms with van der Waals surface area (Å²) >= 11 is 0. The van der Waals surface area contributed by atoms with Crippen LogP contribution in [0.4, 0.5) is 4.39 Å². The summed E-state index contributed by atoms with van der Waals surface area (Å²) in [5.41, 5.74) is 1.70. The van der Waals surface area contributed by atoms with Crippen LogP contribution in [0.1, 0.15) is 23.8 Å². The molecule has 0 fully saturated rings. The molecule has 1 heterocycles. The van der Waals surface area contributed by atoms with Gasteiger partial charge >= 0.3 is 0 Å². The van der Waals surface area contributed by atoms with Crippen molar-refractivity contribution in [3.8, 4) is 0 Å². The second-order valence-corrected chi connectivity index (χ2v) is 5.23. The van der Waals surface area contributed by atoms with Crippen molar-refractivity contribution in [1.29, 1.82) is 0 Å². The molecule has 112 valence electrons. The average Bonchev–Trinajstić information content (AvgIpc) is 2.51. The van der Waals surface area contributed by atoms with Crippen LogP contribution in [0.5, 0.6) is 0 Å². The van der Waals surface area contributed by atoms with E-state index in [9.17, 15) is 9.50 Å². The van der Waals surface area contributed by atoms with E-state index < -0.39 is 6.10 Å². The van der Waals surface area contributed by atoms with Gasteiger partial charge in [0.05, 0.1) is 6.10 Å².